The van der Waals surface area contributed by atoms with Crippen LogP contribution >= 0.6 is 0 Å². The Bertz CT molecular complexity index is 455. The Balaban J connectivity index is 1.87. The Kier molecular flexibility index (Phi) is 5.59. The summed E-state index contributed by atoms with van der Waals surface area (Å²) in [5.41, 5.74) is 0.767. The van der Waals surface area contributed by atoms with Crippen LogP contribution in [0.5, 0.6) is 0 Å². The highest BCUT2D eigenvalue weighted by molar-refractivity contribution is 5.83. The van der Waals surface area contributed by atoms with E-state index in [4.69, 9.17) is 4.74 Å². The average molecular weight is 294 g/mol. The summed E-state index contributed by atoms with van der Waals surface area (Å²) in [6.07, 6.45) is 8.98. The van der Waals surface area contributed by atoms with Gasteiger partial charge in [-0.2, -0.15) is 0 Å². The summed E-state index contributed by atoms with van der Waals surface area (Å²) in [6, 6.07) is -0.847. The number of imidazole rings is 1. The number of aromatic nitrogens is 2. The maximum Gasteiger partial charge on any atom is 0.328 e. The highest BCUT2D eigenvalue weighted by Gasteiger charge is 2.24. The topological polar surface area (TPSA) is 96.1 Å². The molecule has 3 N–H and O–H groups in total. The smallest absolute Gasteiger partial charge is 0.328 e. The van der Waals surface area contributed by atoms with Crippen LogP contribution in [0.1, 0.15) is 37.8 Å². The molecule has 7 nitrogen and oxygen atoms in total. The molecule has 2 amide bonds. The number of nitrogens with zero attached hydrogens (tertiary/aromatic N) is 1. The Morgan fingerprint density at radius 1 is 1.43 bits per heavy atom. The molecule has 0 aliphatic heterocycles. The predicted octanol–water partition coefficient (Wildman–Crippen LogP) is 1.13. The molecule has 0 bridgehead atoms. The lowest BCUT2D eigenvalue weighted by Crippen LogP contribution is -2.50. The molecule has 1 aliphatic rings. The molecule has 2 rings (SSSR count). The molecule has 21 heavy (non-hydrogen) atoms. The fourth-order valence-corrected chi connectivity index (χ4v) is 2.58. The number of H-pyrrole nitrogens is 1. The van der Waals surface area contributed by atoms with Crippen molar-refractivity contribution < 1.29 is 14.3 Å². The third-order valence-corrected chi connectivity index (χ3v) is 3.71. The van der Waals surface area contributed by atoms with Gasteiger partial charge in [0.1, 0.15) is 6.04 Å². The molecule has 1 fully saturated rings. The first-order valence-corrected chi connectivity index (χ1v) is 7.31. The Morgan fingerprint density at radius 3 is 2.81 bits per heavy atom. The van der Waals surface area contributed by atoms with Gasteiger partial charge in [0, 0.05) is 24.4 Å². The van der Waals surface area contributed by atoms with Crippen LogP contribution in [0, 0.1) is 0 Å². The number of hydrogen-bond acceptors (Lipinski definition) is 4. The van der Waals surface area contributed by atoms with Crippen LogP contribution in [0.25, 0.3) is 0 Å². The van der Waals surface area contributed by atoms with Gasteiger partial charge < -0.3 is 20.4 Å². The lowest BCUT2D eigenvalue weighted by Gasteiger charge is -2.24. The normalized spacial score (nSPS) is 17.0. The quantitative estimate of drug-likeness (QED) is 0.709. The van der Waals surface area contributed by atoms with E-state index in [0.29, 0.717) is 6.42 Å². The fourth-order valence-electron chi connectivity index (χ4n) is 2.58. The molecule has 1 heterocycles. The van der Waals surface area contributed by atoms with Crippen LogP contribution in [0.15, 0.2) is 12.5 Å². The summed E-state index contributed by atoms with van der Waals surface area (Å²) in [5, 5.41) is 5.61. The lowest BCUT2D eigenvalue weighted by molar-refractivity contribution is -0.142. The van der Waals surface area contributed by atoms with Gasteiger partial charge in [0.2, 0.25) is 0 Å². The van der Waals surface area contributed by atoms with Gasteiger partial charge in [-0.15, -0.1) is 0 Å². The van der Waals surface area contributed by atoms with Gasteiger partial charge in [0.25, 0.3) is 0 Å². The maximum absolute atomic E-state index is 12.0. The highest BCUT2D eigenvalue weighted by Crippen LogP contribution is 2.17. The van der Waals surface area contributed by atoms with Gasteiger partial charge in [-0.1, -0.05) is 19.3 Å². The summed E-state index contributed by atoms with van der Waals surface area (Å²) in [4.78, 5) is 30.6. The van der Waals surface area contributed by atoms with Gasteiger partial charge >= 0.3 is 12.0 Å². The largest absolute Gasteiger partial charge is 0.467 e. The van der Waals surface area contributed by atoms with Crippen molar-refractivity contribution in [3.05, 3.63) is 18.2 Å². The zero-order valence-electron chi connectivity index (χ0n) is 12.2. The highest BCUT2D eigenvalue weighted by atomic mass is 16.5. The van der Waals surface area contributed by atoms with E-state index in [0.717, 1.165) is 31.4 Å². The standard InChI is InChI=1S/C14H22N4O3/c1-21-13(19)12(7-11-8-15-9-16-11)18-14(20)17-10-5-3-2-4-6-10/h8-10,12H,2-7H2,1H3,(H,15,16)(H2,17,18,20)/t12-/m0/s1. The molecule has 116 valence electrons. The number of ether oxygens (including phenoxy) is 1. The summed E-state index contributed by atoms with van der Waals surface area (Å²) < 4.78 is 4.74. The second-order valence-electron chi connectivity index (χ2n) is 5.31. The minimum absolute atomic E-state index is 0.198. The van der Waals surface area contributed by atoms with Crippen molar-refractivity contribution in [3.63, 3.8) is 0 Å². The summed E-state index contributed by atoms with van der Waals surface area (Å²) >= 11 is 0. The van der Waals surface area contributed by atoms with Crippen molar-refractivity contribution in [2.75, 3.05) is 7.11 Å². The molecule has 1 saturated carbocycles. The molecule has 0 radical (unpaired) electrons. The van der Waals surface area contributed by atoms with Gasteiger partial charge in [-0.05, 0) is 12.8 Å². The van der Waals surface area contributed by atoms with Crippen molar-refractivity contribution in [3.8, 4) is 0 Å². The van der Waals surface area contributed by atoms with Crippen LogP contribution < -0.4 is 10.6 Å². The first kappa shape index (κ1) is 15.3. The van der Waals surface area contributed by atoms with E-state index in [-0.39, 0.29) is 12.1 Å². The van der Waals surface area contributed by atoms with Crippen molar-refractivity contribution in [2.45, 2.75) is 50.6 Å². The summed E-state index contributed by atoms with van der Waals surface area (Å²) in [5.74, 6) is -0.469. The van der Waals surface area contributed by atoms with Crippen molar-refractivity contribution >= 4 is 12.0 Å². The molecule has 1 atom stereocenters. The Labute approximate surface area is 123 Å². The van der Waals surface area contributed by atoms with Crippen LogP contribution in [0.3, 0.4) is 0 Å². The number of esters is 1. The van der Waals surface area contributed by atoms with Gasteiger partial charge in [0.15, 0.2) is 0 Å². The van der Waals surface area contributed by atoms with E-state index in [1.165, 1.54) is 19.9 Å². The number of carbonyl (C=O) groups excluding carboxylic acids is 2. The minimum Gasteiger partial charge on any atom is -0.467 e. The van der Waals surface area contributed by atoms with E-state index in [9.17, 15) is 9.59 Å². The molecule has 0 spiro atoms. The Hall–Kier alpha value is -2.05. The molecule has 1 aromatic rings. The third-order valence-electron chi connectivity index (χ3n) is 3.71. The molecule has 1 aromatic heterocycles. The van der Waals surface area contributed by atoms with Crippen molar-refractivity contribution in [2.24, 2.45) is 0 Å². The summed E-state index contributed by atoms with van der Waals surface area (Å²) in [6.45, 7) is 0. The van der Waals surface area contributed by atoms with E-state index in [2.05, 4.69) is 20.6 Å². The number of urea groups is 1. The number of hydrogen-bond donors (Lipinski definition) is 3. The number of methoxy groups -OCH3 is 1. The first-order chi connectivity index (χ1) is 10.2. The lowest BCUT2D eigenvalue weighted by atomic mass is 9.96. The summed E-state index contributed by atoms with van der Waals surface area (Å²) in [7, 11) is 1.31. The maximum atomic E-state index is 12.0. The van der Waals surface area contributed by atoms with Gasteiger partial charge in [-0.25, -0.2) is 14.6 Å². The van der Waals surface area contributed by atoms with Crippen molar-refractivity contribution in [1.29, 1.82) is 0 Å². The third kappa shape index (κ3) is 4.77. The predicted molar refractivity (Wildman–Crippen MR) is 76.6 cm³/mol. The van der Waals surface area contributed by atoms with E-state index < -0.39 is 12.0 Å². The molecular formula is C14H22N4O3. The second-order valence-corrected chi connectivity index (χ2v) is 5.31. The minimum atomic E-state index is -0.723. The molecular weight excluding hydrogens is 272 g/mol. The van der Waals surface area contributed by atoms with Gasteiger partial charge in [0.05, 0.1) is 13.4 Å². The number of amides is 2. The Morgan fingerprint density at radius 2 is 2.19 bits per heavy atom. The molecule has 0 saturated heterocycles. The monoisotopic (exact) mass is 294 g/mol. The number of nitrogens with one attached hydrogen (secondary N) is 3. The van der Waals surface area contributed by atoms with Gasteiger partial charge in [-0.3, -0.25) is 0 Å². The first-order valence-electron chi connectivity index (χ1n) is 7.31. The second kappa shape index (κ2) is 7.66. The molecule has 1 aliphatic carbocycles. The van der Waals surface area contributed by atoms with E-state index in [1.54, 1.807) is 6.20 Å². The number of carbonyl (C=O) groups is 2. The SMILES string of the molecule is COC(=O)[C@H](Cc1cnc[nH]1)NC(=O)NC1CCCCC1. The molecule has 0 unspecified atom stereocenters. The van der Waals surface area contributed by atoms with Crippen LogP contribution in [-0.2, 0) is 16.0 Å². The van der Waals surface area contributed by atoms with Crippen LogP contribution in [0.4, 0.5) is 4.79 Å². The van der Waals surface area contributed by atoms with E-state index >= 15 is 0 Å². The zero-order valence-corrected chi connectivity index (χ0v) is 12.2. The molecule has 0 aromatic carbocycles. The molecule has 7 heteroatoms. The van der Waals surface area contributed by atoms with Crippen LogP contribution in [-0.4, -0.2) is 41.2 Å². The fraction of sp³-hybridized carbons (Fsp3) is 0.643. The zero-order chi connectivity index (χ0) is 15.1. The average Bonchev–Trinajstić information content (AvgIpc) is 2.99. The van der Waals surface area contributed by atoms with Crippen LogP contribution in [0.2, 0.25) is 0 Å². The van der Waals surface area contributed by atoms with Crippen molar-refractivity contribution in [1.82, 2.24) is 20.6 Å². The van der Waals surface area contributed by atoms with E-state index in [1.807, 2.05) is 0 Å². The number of rotatable bonds is 5. The number of aromatic amines is 1.